The van der Waals surface area contributed by atoms with Crippen LogP contribution in [0.25, 0.3) is 0 Å². The number of nitrogens with zero attached hydrogens (tertiary/aromatic N) is 1. The standard InChI is InChI=1S/C12H28N2O2/c1-5-13-10-12(11-15-4)14(6-2)8-9-16-7-3/h12-13H,5-11H2,1-4H3. The predicted molar refractivity (Wildman–Crippen MR) is 67.9 cm³/mol. The average molecular weight is 232 g/mol. The third kappa shape index (κ3) is 7.17. The van der Waals surface area contributed by atoms with Crippen molar-refractivity contribution in [3.8, 4) is 0 Å². The van der Waals surface area contributed by atoms with E-state index in [1.165, 1.54) is 0 Å². The number of hydrogen-bond donors (Lipinski definition) is 1. The van der Waals surface area contributed by atoms with E-state index < -0.39 is 0 Å². The second-order valence-corrected chi connectivity index (χ2v) is 3.74. The Bertz CT molecular complexity index is 145. The molecule has 0 bridgehead atoms. The summed E-state index contributed by atoms with van der Waals surface area (Å²) >= 11 is 0. The maximum absolute atomic E-state index is 5.40. The molecule has 0 aliphatic rings. The van der Waals surface area contributed by atoms with E-state index in [-0.39, 0.29) is 0 Å². The van der Waals surface area contributed by atoms with Crippen LogP contribution in [0, 0.1) is 0 Å². The van der Waals surface area contributed by atoms with Gasteiger partial charge in [-0.3, -0.25) is 4.90 Å². The first-order chi connectivity index (χ1) is 7.79. The third-order valence-corrected chi connectivity index (χ3v) is 2.64. The van der Waals surface area contributed by atoms with Gasteiger partial charge >= 0.3 is 0 Å². The number of rotatable bonds is 11. The molecule has 0 saturated carbocycles. The Kier molecular flexibility index (Phi) is 11.2. The number of ether oxygens (including phenoxy) is 2. The molecule has 0 radical (unpaired) electrons. The summed E-state index contributed by atoms with van der Waals surface area (Å²) < 4.78 is 10.7. The topological polar surface area (TPSA) is 33.7 Å². The molecule has 1 unspecified atom stereocenters. The van der Waals surface area contributed by atoms with Crippen LogP contribution < -0.4 is 5.32 Å². The zero-order valence-electron chi connectivity index (χ0n) is 11.3. The van der Waals surface area contributed by atoms with Crippen molar-refractivity contribution >= 4 is 0 Å². The highest BCUT2D eigenvalue weighted by Crippen LogP contribution is 1.99. The summed E-state index contributed by atoms with van der Waals surface area (Å²) in [5.74, 6) is 0. The summed E-state index contributed by atoms with van der Waals surface area (Å²) in [6.45, 7) is 12.7. The maximum Gasteiger partial charge on any atom is 0.0630 e. The van der Waals surface area contributed by atoms with Gasteiger partial charge < -0.3 is 14.8 Å². The molecule has 0 spiro atoms. The quantitative estimate of drug-likeness (QED) is 0.538. The molecule has 98 valence electrons. The van der Waals surface area contributed by atoms with E-state index >= 15 is 0 Å². The second kappa shape index (κ2) is 11.3. The Balaban J connectivity index is 3.99. The summed E-state index contributed by atoms with van der Waals surface area (Å²) in [5, 5.41) is 3.38. The van der Waals surface area contributed by atoms with E-state index in [9.17, 15) is 0 Å². The molecule has 0 saturated heterocycles. The van der Waals surface area contributed by atoms with Crippen molar-refractivity contribution in [1.82, 2.24) is 10.2 Å². The monoisotopic (exact) mass is 232 g/mol. The van der Waals surface area contributed by atoms with E-state index in [0.717, 1.165) is 46.0 Å². The molecule has 4 nitrogen and oxygen atoms in total. The largest absolute Gasteiger partial charge is 0.383 e. The predicted octanol–water partition coefficient (Wildman–Crippen LogP) is 0.969. The van der Waals surface area contributed by atoms with E-state index in [4.69, 9.17) is 9.47 Å². The summed E-state index contributed by atoms with van der Waals surface area (Å²) in [7, 11) is 1.76. The summed E-state index contributed by atoms with van der Waals surface area (Å²) in [6.07, 6.45) is 0. The van der Waals surface area contributed by atoms with Crippen molar-refractivity contribution in [2.75, 3.05) is 53.1 Å². The molecular formula is C12H28N2O2. The molecule has 0 aliphatic carbocycles. The van der Waals surface area contributed by atoms with Gasteiger partial charge in [0.2, 0.25) is 0 Å². The van der Waals surface area contributed by atoms with E-state index in [1.54, 1.807) is 7.11 Å². The number of methoxy groups -OCH3 is 1. The van der Waals surface area contributed by atoms with Crippen LogP contribution >= 0.6 is 0 Å². The molecule has 0 aromatic rings. The van der Waals surface area contributed by atoms with Crippen molar-refractivity contribution in [2.24, 2.45) is 0 Å². The van der Waals surface area contributed by atoms with Gasteiger partial charge in [-0.2, -0.15) is 0 Å². The molecule has 0 aliphatic heterocycles. The first-order valence-electron chi connectivity index (χ1n) is 6.31. The fourth-order valence-corrected chi connectivity index (χ4v) is 1.72. The average Bonchev–Trinajstić information content (AvgIpc) is 2.31. The molecule has 0 fully saturated rings. The van der Waals surface area contributed by atoms with E-state index in [0.29, 0.717) is 6.04 Å². The van der Waals surface area contributed by atoms with Crippen molar-refractivity contribution in [1.29, 1.82) is 0 Å². The van der Waals surface area contributed by atoms with Crippen LogP contribution in [-0.2, 0) is 9.47 Å². The fraction of sp³-hybridized carbons (Fsp3) is 1.00. The minimum absolute atomic E-state index is 0.440. The third-order valence-electron chi connectivity index (χ3n) is 2.64. The van der Waals surface area contributed by atoms with Gasteiger partial charge in [-0.25, -0.2) is 0 Å². The highest BCUT2D eigenvalue weighted by molar-refractivity contribution is 4.72. The zero-order chi connectivity index (χ0) is 12.2. The van der Waals surface area contributed by atoms with Gasteiger partial charge in [0.25, 0.3) is 0 Å². The van der Waals surface area contributed by atoms with Crippen LogP contribution in [0.15, 0.2) is 0 Å². The molecule has 4 heteroatoms. The maximum atomic E-state index is 5.40. The van der Waals surface area contributed by atoms with Crippen molar-refractivity contribution in [3.63, 3.8) is 0 Å². The Morgan fingerprint density at radius 2 is 2.00 bits per heavy atom. The van der Waals surface area contributed by atoms with Crippen molar-refractivity contribution in [2.45, 2.75) is 26.8 Å². The molecule has 1 N–H and O–H groups in total. The molecule has 1 atom stereocenters. The van der Waals surface area contributed by atoms with Gasteiger partial charge in [-0.15, -0.1) is 0 Å². The highest BCUT2D eigenvalue weighted by Gasteiger charge is 2.15. The first-order valence-corrected chi connectivity index (χ1v) is 6.31. The zero-order valence-corrected chi connectivity index (χ0v) is 11.3. The summed E-state index contributed by atoms with van der Waals surface area (Å²) in [5.41, 5.74) is 0. The molecular weight excluding hydrogens is 204 g/mol. The van der Waals surface area contributed by atoms with E-state index in [2.05, 4.69) is 24.1 Å². The first kappa shape index (κ1) is 15.8. The van der Waals surface area contributed by atoms with Crippen LogP contribution in [0.3, 0.4) is 0 Å². The smallest absolute Gasteiger partial charge is 0.0630 e. The minimum Gasteiger partial charge on any atom is -0.383 e. The van der Waals surface area contributed by atoms with Gasteiger partial charge in [0, 0.05) is 32.8 Å². The molecule has 0 rings (SSSR count). The number of likely N-dealkylation sites (N-methyl/N-ethyl adjacent to an activating group) is 2. The lowest BCUT2D eigenvalue weighted by atomic mass is 10.2. The second-order valence-electron chi connectivity index (χ2n) is 3.74. The minimum atomic E-state index is 0.440. The van der Waals surface area contributed by atoms with Crippen LogP contribution in [0.5, 0.6) is 0 Å². The van der Waals surface area contributed by atoms with Crippen molar-refractivity contribution in [3.05, 3.63) is 0 Å². The molecule has 16 heavy (non-hydrogen) atoms. The van der Waals surface area contributed by atoms with Crippen molar-refractivity contribution < 1.29 is 9.47 Å². The van der Waals surface area contributed by atoms with Crippen LogP contribution in [0.2, 0.25) is 0 Å². The lowest BCUT2D eigenvalue weighted by Crippen LogP contribution is -2.46. The molecule has 0 amide bonds. The highest BCUT2D eigenvalue weighted by atomic mass is 16.5. The number of nitrogens with one attached hydrogen (secondary N) is 1. The fourth-order valence-electron chi connectivity index (χ4n) is 1.72. The van der Waals surface area contributed by atoms with Gasteiger partial charge in [-0.05, 0) is 20.0 Å². The Hall–Kier alpha value is -0.160. The molecule has 0 heterocycles. The van der Waals surface area contributed by atoms with Crippen LogP contribution in [0.1, 0.15) is 20.8 Å². The number of hydrogen-bond acceptors (Lipinski definition) is 4. The van der Waals surface area contributed by atoms with Crippen LogP contribution in [0.4, 0.5) is 0 Å². The van der Waals surface area contributed by atoms with Gasteiger partial charge in [0.15, 0.2) is 0 Å². The van der Waals surface area contributed by atoms with E-state index in [1.807, 2.05) is 6.92 Å². The molecule has 0 aromatic carbocycles. The van der Waals surface area contributed by atoms with Crippen LogP contribution in [-0.4, -0.2) is 64.1 Å². The Morgan fingerprint density at radius 3 is 2.50 bits per heavy atom. The Morgan fingerprint density at radius 1 is 1.25 bits per heavy atom. The normalized spacial score (nSPS) is 13.3. The lowest BCUT2D eigenvalue weighted by Gasteiger charge is -2.30. The summed E-state index contributed by atoms with van der Waals surface area (Å²) in [6, 6.07) is 0.440. The molecule has 0 aromatic heterocycles. The SMILES string of the molecule is CCNCC(COC)N(CC)CCOCC. The summed E-state index contributed by atoms with van der Waals surface area (Å²) in [4.78, 5) is 2.40. The Labute approximate surface area is 100 Å². The van der Waals surface area contributed by atoms with Gasteiger partial charge in [0.05, 0.1) is 13.2 Å². The van der Waals surface area contributed by atoms with Gasteiger partial charge in [0.1, 0.15) is 0 Å². The lowest BCUT2D eigenvalue weighted by molar-refractivity contribution is 0.0605. The van der Waals surface area contributed by atoms with Gasteiger partial charge in [-0.1, -0.05) is 13.8 Å².